The summed E-state index contributed by atoms with van der Waals surface area (Å²) in [6, 6.07) is 0. The first-order valence-electron chi connectivity index (χ1n) is 23.4. The number of aliphatic carboxylic acids is 2. The van der Waals surface area contributed by atoms with E-state index >= 15 is 0 Å². The van der Waals surface area contributed by atoms with Crippen LogP contribution in [-0.4, -0.2) is 79.8 Å². The predicted molar refractivity (Wildman–Crippen MR) is 218 cm³/mol. The number of carboxylic acids is 2. The van der Waals surface area contributed by atoms with E-state index in [1.165, 1.54) is 51.4 Å². The Morgan fingerprint density at radius 3 is 1.21 bits per heavy atom. The maximum Gasteiger partial charge on any atom is 2.00 e. The average molecular weight is 807 g/mol. The third-order valence-corrected chi connectivity index (χ3v) is 20.4. The van der Waals surface area contributed by atoms with E-state index in [0.717, 1.165) is 51.4 Å². The summed E-state index contributed by atoms with van der Waals surface area (Å²) in [5, 5.41) is 64.7. The van der Waals surface area contributed by atoms with Gasteiger partial charge < -0.3 is 40.2 Å². The molecule has 8 rings (SSSR count). The fourth-order valence-corrected chi connectivity index (χ4v) is 17.4. The second kappa shape index (κ2) is 17.4. The Hall–Kier alpha value is -0.454. The van der Waals surface area contributed by atoms with Crippen LogP contribution in [0.1, 0.15) is 170 Å². The fraction of sp³-hybridized carbons (Fsp3) is 0.958. The van der Waals surface area contributed by atoms with Crippen molar-refractivity contribution in [3.8, 4) is 0 Å². The van der Waals surface area contributed by atoms with Crippen LogP contribution < -0.4 is 10.2 Å². The van der Waals surface area contributed by atoms with Crippen molar-refractivity contribution in [1.82, 2.24) is 0 Å². The number of rotatable bonds is 8. The molecule has 20 atom stereocenters. The summed E-state index contributed by atoms with van der Waals surface area (Å²) < 4.78 is 0. The minimum atomic E-state index is -0.934. The van der Waals surface area contributed by atoms with E-state index in [2.05, 4.69) is 41.5 Å². The Kier molecular flexibility index (Phi) is 14.0. The van der Waals surface area contributed by atoms with E-state index < -0.39 is 11.9 Å². The molecule has 57 heavy (non-hydrogen) atoms. The zero-order valence-electron chi connectivity index (χ0n) is 36.5. The molecule has 4 N–H and O–H groups in total. The van der Waals surface area contributed by atoms with Crippen LogP contribution in [-0.2, 0) is 9.59 Å². The number of aliphatic hydroxyl groups excluding tert-OH is 4. The molecule has 8 aliphatic rings. The Morgan fingerprint density at radius 1 is 0.526 bits per heavy atom. The summed E-state index contributed by atoms with van der Waals surface area (Å²) in [6.07, 6.45) is 17.8. The normalized spacial score (nSPS) is 50.8. The van der Waals surface area contributed by atoms with Gasteiger partial charge in [-0.25, -0.2) is 0 Å². The van der Waals surface area contributed by atoms with Crippen LogP contribution in [0.4, 0.5) is 0 Å². The van der Waals surface area contributed by atoms with Gasteiger partial charge in [0.15, 0.2) is 0 Å². The van der Waals surface area contributed by atoms with Crippen molar-refractivity contribution in [1.29, 1.82) is 0 Å². The Bertz CT molecular complexity index is 1320. The van der Waals surface area contributed by atoms with Gasteiger partial charge in [0.1, 0.15) is 0 Å². The first-order chi connectivity index (χ1) is 26.3. The Balaban J connectivity index is 0.000000189. The maximum atomic E-state index is 11.2. The molecule has 0 saturated heterocycles. The summed E-state index contributed by atoms with van der Waals surface area (Å²) in [5.41, 5.74) is 0.988. The maximum absolute atomic E-state index is 11.2. The molecule has 8 saturated carbocycles. The third kappa shape index (κ3) is 8.18. The van der Waals surface area contributed by atoms with Crippen molar-refractivity contribution in [2.24, 2.45) is 92.7 Å². The van der Waals surface area contributed by atoms with E-state index in [0.29, 0.717) is 83.9 Å². The Labute approximate surface area is 360 Å². The smallest absolute Gasteiger partial charge is 0.550 e. The first kappa shape index (κ1) is 46.1. The van der Waals surface area contributed by atoms with Gasteiger partial charge in [-0.3, -0.25) is 0 Å². The number of hydrogen-bond acceptors (Lipinski definition) is 8. The van der Waals surface area contributed by atoms with Gasteiger partial charge in [-0.15, -0.1) is 0 Å². The van der Waals surface area contributed by atoms with Crippen LogP contribution in [0.3, 0.4) is 0 Å². The third-order valence-electron chi connectivity index (χ3n) is 20.4. The van der Waals surface area contributed by atoms with Gasteiger partial charge >= 0.3 is 23.1 Å². The molecule has 8 aliphatic carbocycles. The first-order valence-corrected chi connectivity index (χ1v) is 23.4. The van der Waals surface area contributed by atoms with Crippen molar-refractivity contribution in [3.05, 3.63) is 0 Å². The van der Waals surface area contributed by atoms with Crippen molar-refractivity contribution in [2.75, 3.05) is 0 Å². The standard InChI is InChI=1S/2C24H40O4.Mg/c2*1-14(4-7-21(27)28)17-5-6-18-22-19(9-11-24(17,18)3)23(2)10-8-16(25)12-15(23)13-20(22)26;/h2*14-20,22,25-26H,4-13H2,1-3H3,(H,27,28);/q;;+2/p-2/t14-,15+,16-,17-,18+,19?,20-,22+,23+,24-;14-,15+,16-,17-,18+,19+,20+,22+,23+,24-;/m11./s1. The van der Waals surface area contributed by atoms with Crippen LogP contribution in [0, 0.1) is 92.7 Å². The van der Waals surface area contributed by atoms with E-state index in [9.17, 15) is 40.2 Å². The molecule has 0 aliphatic heterocycles. The van der Waals surface area contributed by atoms with Crippen LogP contribution in [0.2, 0.25) is 0 Å². The van der Waals surface area contributed by atoms with E-state index in [4.69, 9.17) is 0 Å². The molecular weight excluding hydrogens is 729 g/mol. The summed E-state index contributed by atoms with van der Waals surface area (Å²) >= 11 is 0. The van der Waals surface area contributed by atoms with Crippen LogP contribution in [0.15, 0.2) is 0 Å². The van der Waals surface area contributed by atoms with Crippen LogP contribution in [0.25, 0.3) is 0 Å². The molecule has 0 amide bonds. The monoisotopic (exact) mass is 807 g/mol. The number of carboxylic acid groups (broad SMARTS) is 2. The zero-order chi connectivity index (χ0) is 40.5. The van der Waals surface area contributed by atoms with Crippen LogP contribution >= 0.6 is 0 Å². The SMILES string of the molecule is C[C@H](CCC(=O)[O-])[C@H]1CC[C@H]2[C@@H]3[C@@H](O)C[C@@H]4C[C@H](O)CC[C@]4(C)[C@H]3CC[C@]12C.C[C@H](CCC(=O)[O-])[C@H]1CC[C@H]2[C@H]3C(CC[C@]12C)[C@@]1(C)CC[C@@H](O)C[C@H]1C[C@H]3O.[Mg+2]. The Morgan fingerprint density at radius 2 is 0.860 bits per heavy atom. The summed E-state index contributed by atoms with van der Waals surface area (Å²) in [4.78, 5) is 21.9. The molecule has 0 aromatic rings. The van der Waals surface area contributed by atoms with Crippen molar-refractivity contribution < 1.29 is 40.2 Å². The molecule has 0 radical (unpaired) electrons. The second-order valence-electron chi connectivity index (χ2n) is 22.7. The minimum absolute atomic E-state index is 0. The molecule has 320 valence electrons. The number of carbonyl (C=O) groups excluding carboxylic acids is 2. The topological polar surface area (TPSA) is 161 Å². The van der Waals surface area contributed by atoms with Gasteiger partial charge in [0, 0.05) is 11.9 Å². The van der Waals surface area contributed by atoms with Gasteiger partial charge in [0.2, 0.25) is 0 Å². The van der Waals surface area contributed by atoms with Crippen molar-refractivity contribution in [2.45, 2.75) is 194 Å². The molecule has 0 heterocycles. The van der Waals surface area contributed by atoms with E-state index in [-0.39, 0.29) is 82.0 Å². The van der Waals surface area contributed by atoms with E-state index in [1.54, 1.807) is 0 Å². The molecule has 0 aromatic heterocycles. The zero-order valence-corrected chi connectivity index (χ0v) is 37.9. The molecule has 8 nitrogen and oxygen atoms in total. The molecule has 0 bridgehead atoms. The summed E-state index contributed by atoms with van der Waals surface area (Å²) in [5.74, 6) is 3.99. The van der Waals surface area contributed by atoms with Crippen molar-refractivity contribution >= 4 is 35.0 Å². The minimum Gasteiger partial charge on any atom is -0.550 e. The number of aliphatic hydroxyl groups is 4. The fourth-order valence-electron chi connectivity index (χ4n) is 17.4. The van der Waals surface area contributed by atoms with Gasteiger partial charge in [-0.05, 0) is 221 Å². The summed E-state index contributed by atoms with van der Waals surface area (Å²) in [6.45, 7) is 14.2. The van der Waals surface area contributed by atoms with Crippen molar-refractivity contribution in [3.63, 3.8) is 0 Å². The molecule has 1 unspecified atom stereocenters. The number of fused-ring (bicyclic) bond motifs is 10. The predicted octanol–water partition coefficient (Wildman–Crippen LogP) is 5.91. The second-order valence-corrected chi connectivity index (χ2v) is 22.7. The van der Waals surface area contributed by atoms with Gasteiger partial charge in [0.05, 0.1) is 24.4 Å². The number of hydrogen-bond donors (Lipinski definition) is 4. The van der Waals surface area contributed by atoms with Gasteiger partial charge in [0.25, 0.3) is 0 Å². The molecule has 0 aromatic carbocycles. The quantitative estimate of drug-likeness (QED) is 0.221. The van der Waals surface area contributed by atoms with E-state index in [1.807, 2.05) is 0 Å². The molecular formula is C48H78MgO8. The average Bonchev–Trinajstić information content (AvgIpc) is 3.68. The van der Waals surface area contributed by atoms with Gasteiger partial charge in [-0.1, -0.05) is 41.5 Å². The van der Waals surface area contributed by atoms with Crippen LogP contribution in [0.5, 0.6) is 0 Å². The molecule has 0 spiro atoms. The summed E-state index contributed by atoms with van der Waals surface area (Å²) in [7, 11) is 0. The largest absolute Gasteiger partial charge is 2.00 e. The number of carbonyl (C=O) groups is 2. The molecule has 9 heteroatoms. The molecule has 8 fully saturated rings. The van der Waals surface area contributed by atoms with Gasteiger partial charge in [-0.2, -0.15) is 0 Å².